The Balaban J connectivity index is 1.73. The predicted molar refractivity (Wildman–Crippen MR) is 69.7 cm³/mol. The third-order valence-electron chi connectivity index (χ3n) is 3.50. The fourth-order valence-electron chi connectivity index (χ4n) is 2.36. The molecule has 0 saturated carbocycles. The molecule has 1 aromatic carbocycles. The molecule has 0 amide bonds. The second-order valence-electron chi connectivity index (χ2n) is 5.00. The van der Waals surface area contributed by atoms with Gasteiger partial charge in [0.25, 0.3) is 0 Å². The summed E-state index contributed by atoms with van der Waals surface area (Å²) in [5.74, 6) is 1.26. The van der Waals surface area contributed by atoms with Crippen molar-refractivity contribution in [3.63, 3.8) is 0 Å². The van der Waals surface area contributed by atoms with Gasteiger partial charge in [0.05, 0.1) is 12.1 Å². The molecular weight excluding hydrogens is 242 g/mol. The molecule has 0 bridgehead atoms. The van der Waals surface area contributed by atoms with Crippen molar-refractivity contribution in [1.29, 1.82) is 0 Å². The molecule has 1 saturated heterocycles. The Morgan fingerprint density at radius 3 is 3.00 bits per heavy atom. The number of aliphatic hydroxyl groups excluding tert-OH is 1. The molecule has 0 aliphatic carbocycles. The van der Waals surface area contributed by atoms with Crippen molar-refractivity contribution in [3.8, 4) is 0 Å². The van der Waals surface area contributed by atoms with Crippen LogP contribution in [0.25, 0.3) is 0 Å². The van der Waals surface area contributed by atoms with E-state index in [9.17, 15) is 5.11 Å². The summed E-state index contributed by atoms with van der Waals surface area (Å²) in [6, 6.07) is 8.16. The third-order valence-corrected chi connectivity index (χ3v) is 3.50. The summed E-state index contributed by atoms with van der Waals surface area (Å²) in [6.07, 6.45) is 0.981. The Labute approximate surface area is 111 Å². The highest BCUT2D eigenvalue weighted by Crippen LogP contribution is 2.22. The van der Waals surface area contributed by atoms with Crippen LogP contribution in [0.4, 0.5) is 0 Å². The van der Waals surface area contributed by atoms with Crippen LogP contribution in [0, 0.1) is 6.92 Å². The van der Waals surface area contributed by atoms with Crippen LogP contribution in [0.2, 0.25) is 0 Å². The highest BCUT2D eigenvalue weighted by Gasteiger charge is 2.28. The highest BCUT2D eigenvalue weighted by atomic mass is 16.5. The minimum absolute atomic E-state index is 0.0203. The topological polar surface area (TPSA) is 71.2 Å². The molecule has 100 valence electrons. The summed E-state index contributed by atoms with van der Waals surface area (Å²) in [4.78, 5) is 4.41. The van der Waals surface area contributed by atoms with Crippen molar-refractivity contribution >= 4 is 0 Å². The van der Waals surface area contributed by atoms with Crippen LogP contribution in [-0.2, 0) is 6.42 Å². The molecule has 1 aliphatic rings. The highest BCUT2D eigenvalue weighted by molar-refractivity contribution is 5.28. The van der Waals surface area contributed by atoms with Crippen molar-refractivity contribution in [1.82, 2.24) is 15.5 Å². The summed E-state index contributed by atoms with van der Waals surface area (Å²) < 4.78 is 5.27. The zero-order chi connectivity index (χ0) is 13.2. The van der Waals surface area contributed by atoms with E-state index in [2.05, 4.69) is 34.5 Å². The van der Waals surface area contributed by atoms with Crippen LogP contribution >= 0.6 is 0 Å². The Morgan fingerprint density at radius 1 is 1.42 bits per heavy atom. The van der Waals surface area contributed by atoms with Gasteiger partial charge in [0.15, 0.2) is 5.82 Å². The van der Waals surface area contributed by atoms with Gasteiger partial charge >= 0.3 is 0 Å². The largest absolute Gasteiger partial charge is 0.392 e. The molecule has 0 radical (unpaired) electrons. The van der Waals surface area contributed by atoms with Gasteiger partial charge in [-0.3, -0.25) is 0 Å². The number of benzene rings is 1. The van der Waals surface area contributed by atoms with Gasteiger partial charge in [-0.15, -0.1) is 0 Å². The van der Waals surface area contributed by atoms with Gasteiger partial charge in [-0.1, -0.05) is 29.4 Å². The Hall–Kier alpha value is -1.72. The summed E-state index contributed by atoms with van der Waals surface area (Å²) in [7, 11) is 0. The lowest BCUT2D eigenvalue weighted by Crippen LogP contribution is -2.15. The SMILES string of the molecule is Cc1ccccc1Cc1noc([C@H]2C[C@@H](O)CN2)n1. The van der Waals surface area contributed by atoms with Gasteiger partial charge in [0, 0.05) is 13.0 Å². The number of aryl methyl sites for hydroxylation is 1. The van der Waals surface area contributed by atoms with E-state index in [1.54, 1.807) is 0 Å². The van der Waals surface area contributed by atoms with E-state index >= 15 is 0 Å². The second-order valence-corrected chi connectivity index (χ2v) is 5.00. The first-order valence-electron chi connectivity index (χ1n) is 6.51. The summed E-state index contributed by atoms with van der Waals surface area (Å²) in [5, 5.41) is 16.7. The lowest BCUT2D eigenvalue weighted by Gasteiger charge is -2.02. The van der Waals surface area contributed by atoms with Crippen LogP contribution in [0.5, 0.6) is 0 Å². The Morgan fingerprint density at radius 2 is 2.26 bits per heavy atom. The van der Waals surface area contributed by atoms with Crippen molar-refractivity contribution < 1.29 is 9.63 Å². The number of β-amino-alcohol motifs (C(OH)–C–C–N with tert-alkyl or cyclic N) is 1. The molecule has 19 heavy (non-hydrogen) atoms. The fraction of sp³-hybridized carbons (Fsp3) is 0.429. The molecule has 1 aromatic heterocycles. The van der Waals surface area contributed by atoms with Gasteiger partial charge in [0.2, 0.25) is 5.89 Å². The normalized spacial score (nSPS) is 22.8. The summed E-state index contributed by atoms with van der Waals surface area (Å²) >= 11 is 0. The standard InChI is InChI=1S/C14H17N3O2/c1-9-4-2-3-5-10(9)6-13-16-14(19-17-13)12-7-11(18)8-15-12/h2-5,11-12,15,18H,6-8H2,1H3/t11-,12-/m1/s1. The van der Waals surface area contributed by atoms with Crippen molar-refractivity contribution in [2.45, 2.75) is 31.9 Å². The molecule has 5 nitrogen and oxygen atoms in total. The molecule has 1 aliphatic heterocycles. The van der Waals surface area contributed by atoms with Gasteiger partial charge in [0.1, 0.15) is 0 Å². The summed E-state index contributed by atoms with van der Waals surface area (Å²) in [5.41, 5.74) is 2.43. The van der Waals surface area contributed by atoms with Crippen LogP contribution in [0.3, 0.4) is 0 Å². The van der Waals surface area contributed by atoms with Crippen LogP contribution < -0.4 is 5.32 Å². The molecule has 3 rings (SSSR count). The number of rotatable bonds is 3. The third kappa shape index (κ3) is 2.67. The number of nitrogens with one attached hydrogen (secondary N) is 1. The Kier molecular flexibility index (Phi) is 3.31. The predicted octanol–water partition coefficient (Wildman–Crippen LogP) is 1.36. The van der Waals surface area contributed by atoms with E-state index in [0.29, 0.717) is 31.1 Å². The number of nitrogens with zero attached hydrogens (tertiary/aromatic N) is 2. The van der Waals surface area contributed by atoms with Crippen molar-refractivity contribution in [2.24, 2.45) is 0 Å². The zero-order valence-corrected chi connectivity index (χ0v) is 10.8. The molecule has 2 heterocycles. The molecule has 2 aromatic rings. The zero-order valence-electron chi connectivity index (χ0n) is 10.8. The van der Waals surface area contributed by atoms with Gasteiger partial charge in [-0.2, -0.15) is 4.98 Å². The lowest BCUT2D eigenvalue weighted by molar-refractivity contribution is 0.191. The maximum atomic E-state index is 9.49. The maximum absolute atomic E-state index is 9.49. The van der Waals surface area contributed by atoms with Gasteiger partial charge in [-0.05, 0) is 24.5 Å². The molecule has 5 heteroatoms. The van der Waals surface area contributed by atoms with Gasteiger partial charge in [-0.25, -0.2) is 0 Å². The molecular formula is C14H17N3O2. The number of hydrogen-bond acceptors (Lipinski definition) is 5. The first-order valence-corrected chi connectivity index (χ1v) is 6.51. The first-order chi connectivity index (χ1) is 9.22. The summed E-state index contributed by atoms with van der Waals surface area (Å²) in [6.45, 7) is 2.66. The number of hydrogen-bond donors (Lipinski definition) is 2. The monoisotopic (exact) mass is 259 g/mol. The minimum Gasteiger partial charge on any atom is -0.392 e. The molecule has 0 spiro atoms. The van der Waals surface area contributed by atoms with E-state index in [4.69, 9.17) is 4.52 Å². The van der Waals surface area contributed by atoms with E-state index in [1.807, 2.05) is 12.1 Å². The van der Waals surface area contributed by atoms with Crippen LogP contribution in [0.1, 0.15) is 35.3 Å². The minimum atomic E-state index is -0.322. The first kappa shape index (κ1) is 12.3. The van der Waals surface area contributed by atoms with Crippen molar-refractivity contribution in [3.05, 3.63) is 47.1 Å². The lowest BCUT2D eigenvalue weighted by atomic mass is 10.1. The quantitative estimate of drug-likeness (QED) is 0.871. The Bertz CT molecular complexity index is 567. The fourth-order valence-corrected chi connectivity index (χ4v) is 2.36. The average Bonchev–Trinajstić information content (AvgIpc) is 3.01. The second kappa shape index (κ2) is 5.11. The van der Waals surface area contributed by atoms with E-state index in [1.165, 1.54) is 11.1 Å². The maximum Gasteiger partial charge on any atom is 0.243 e. The van der Waals surface area contributed by atoms with Crippen molar-refractivity contribution in [2.75, 3.05) is 6.54 Å². The van der Waals surface area contributed by atoms with Crippen LogP contribution in [0.15, 0.2) is 28.8 Å². The van der Waals surface area contributed by atoms with Crippen LogP contribution in [-0.4, -0.2) is 27.9 Å². The molecule has 2 N–H and O–H groups in total. The molecule has 1 fully saturated rings. The van der Waals surface area contributed by atoms with E-state index < -0.39 is 0 Å². The number of aromatic nitrogens is 2. The van der Waals surface area contributed by atoms with E-state index in [-0.39, 0.29) is 12.1 Å². The average molecular weight is 259 g/mol. The molecule has 2 atom stereocenters. The number of aliphatic hydroxyl groups is 1. The van der Waals surface area contributed by atoms with E-state index in [0.717, 1.165) is 0 Å². The van der Waals surface area contributed by atoms with Gasteiger partial charge < -0.3 is 14.9 Å². The smallest absolute Gasteiger partial charge is 0.243 e. The molecule has 0 unspecified atom stereocenters.